The molecule has 0 aromatic carbocycles. The third kappa shape index (κ3) is 7.06. The summed E-state index contributed by atoms with van der Waals surface area (Å²) in [6.45, 7) is 8.75. The zero-order valence-corrected chi connectivity index (χ0v) is 14.6. The molecule has 1 aliphatic rings. The van der Waals surface area contributed by atoms with Crippen molar-refractivity contribution in [1.29, 1.82) is 0 Å². The molecule has 1 fully saturated rings. The monoisotopic (exact) mass is 321 g/mol. The van der Waals surface area contributed by atoms with Gasteiger partial charge in [0.2, 0.25) is 0 Å². The number of rotatable bonds is 9. The summed E-state index contributed by atoms with van der Waals surface area (Å²) in [6.07, 6.45) is 2.70. The van der Waals surface area contributed by atoms with Crippen LogP contribution in [-0.2, 0) is 14.9 Å². The summed E-state index contributed by atoms with van der Waals surface area (Å²) >= 11 is 0. The number of nitrogens with one attached hydrogen (secondary N) is 2. The number of nitrogens with zero attached hydrogens (tertiary/aromatic N) is 1. The SMILES string of the molecule is COCCC(C)NS(=O)(=O)N1CCCC(CNC(C)C)C1. The van der Waals surface area contributed by atoms with Crippen LogP contribution in [0.5, 0.6) is 0 Å². The van der Waals surface area contributed by atoms with E-state index in [4.69, 9.17) is 4.74 Å². The van der Waals surface area contributed by atoms with Crippen LogP contribution in [0.25, 0.3) is 0 Å². The summed E-state index contributed by atoms with van der Waals surface area (Å²) < 4.78 is 34.1. The molecular formula is C14H31N3O3S. The van der Waals surface area contributed by atoms with E-state index < -0.39 is 10.2 Å². The molecule has 1 aliphatic heterocycles. The quantitative estimate of drug-likeness (QED) is 0.663. The Balaban J connectivity index is 2.49. The van der Waals surface area contributed by atoms with Crippen molar-refractivity contribution in [1.82, 2.24) is 14.3 Å². The molecule has 0 aromatic heterocycles. The van der Waals surface area contributed by atoms with Crippen LogP contribution in [0, 0.1) is 5.92 Å². The Hall–Kier alpha value is -0.210. The molecule has 21 heavy (non-hydrogen) atoms. The Morgan fingerprint density at radius 1 is 1.33 bits per heavy atom. The lowest BCUT2D eigenvalue weighted by Crippen LogP contribution is -2.50. The predicted octanol–water partition coefficient (Wildman–Crippen LogP) is 0.956. The maximum absolute atomic E-state index is 12.4. The molecule has 0 aromatic rings. The third-order valence-corrected chi connectivity index (χ3v) is 5.45. The smallest absolute Gasteiger partial charge is 0.279 e. The van der Waals surface area contributed by atoms with Crippen molar-refractivity contribution in [2.45, 2.75) is 52.1 Å². The molecule has 0 saturated carbocycles. The van der Waals surface area contributed by atoms with Gasteiger partial charge in [-0.15, -0.1) is 0 Å². The van der Waals surface area contributed by atoms with Gasteiger partial charge in [-0.2, -0.15) is 17.4 Å². The Morgan fingerprint density at radius 2 is 2.05 bits per heavy atom. The zero-order chi connectivity index (χ0) is 15.9. The van der Waals surface area contributed by atoms with Gasteiger partial charge in [-0.25, -0.2) is 0 Å². The van der Waals surface area contributed by atoms with Crippen LogP contribution in [0.15, 0.2) is 0 Å². The molecule has 6 nitrogen and oxygen atoms in total. The van der Waals surface area contributed by atoms with Crippen molar-refractivity contribution in [3.8, 4) is 0 Å². The van der Waals surface area contributed by atoms with Crippen molar-refractivity contribution >= 4 is 10.2 Å². The van der Waals surface area contributed by atoms with Crippen molar-refractivity contribution in [3.63, 3.8) is 0 Å². The van der Waals surface area contributed by atoms with E-state index >= 15 is 0 Å². The first-order valence-electron chi connectivity index (χ1n) is 7.85. The molecule has 2 atom stereocenters. The highest BCUT2D eigenvalue weighted by molar-refractivity contribution is 7.87. The van der Waals surface area contributed by atoms with Gasteiger partial charge in [-0.1, -0.05) is 13.8 Å². The molecule has 1 heterocycles. The van der Waals surface area contributed by atoms with E-state index in [2.05, 4.69) is 23.9 Å². The van der Waals surface area contributed by atoms with Crippen LogP contribution in [0.3, 0.4) is 0 Å². The van der Waals surface area contributed by atoms with Crippen LogP contribution in [0.2, 0.25) is 0 Å². The molecule has 1 saturated heterocycles. The fourth-order valence-electron chi connectivity index (χ4n) is 2.50. The summed E-state index contributed by atoms with van der Waals surface area (Å²) in [5, 5.41) is 3.40. The van der Waals surface area contributed by atoms with E-state index in [-0.39, 0.29) is 6.04 Å². The van der Waals surface area contributed by atoms with E-state index in [0.717, 1.165) is 19.4 Å². The minimum atomic E-state index is -3.38. The average molecular weight is 321 g/mol. The molecule has 0 bridgehead atoms. The molecule has 1 rings (SSSR count). The number of hydrogen-bond acceptors (Lipinski definition) is 4. The lowest BCUT2D eigenvalue weighted by Gasteiger charge is -2.33. The van der Waals surface area contributed by atoms with Gasteiger partial charge in [-0.3, -0.25) is 0 Å². The molecule has 2 unspecified atom stereocenters. The molecule has 0 amide bonds. The molecule has 0 aliphatic carbocycles. The zero-order valence-electron chi connectivity index (χ0n) is 13.8. The minimum absolute atomic E-state index is 0.107. The van der Waals surface area contributed by atoms with Crippen molar-refractivity contribution in [2.24, 2.45) is 5.92 Å². The predicted molar refractivity (Wildman–Crippen MR) is 85.4 cm³/mol. The van der Waals surface area contributed by atoms with Crippen LogP contribution in [0.4, 0.5) is 0 Å². The van der Waals surface area contributed by atoms with Crippen LogP contribution in [-0.4, -0.2) is 58.2 Å². The summed E-state index contributed by atoms with van der Waals surface area (Å²) in [5.41, 5.74) is 0. The minimum Gasteiger partial charge on any atom is -0.385 e. The Morgan fingerprint density at radius 3 is 2.67 bits per heavy atom. The highest BCUT2D eigenvalue weighted by Crippen LogP contribution is 2.18. The van der Waals surface area contributed by atoms with Gasteiger partial charge in [-0.05, 0) is 38.6 Å². The lowest BCUT2D eigenvalue weighted by atomic mass is 9.99. The lowest BCUT2D eigenvalue weighted by molar-refractivity contribution is 0.187. The van der Waals surface area contributed by atoms with E-state index in [1.807, 2.05) is 6.92 Å². The summed E-state index contributed by atoms with van der Waals surface area (Å²) in [6, 6.07) is 0.327. The van der Waals surface area contributed by atoms with Gasteiger partial charge in [0, 0.05) is 38.9 Å². The van der Waals surface area contributed by atoms with Gasteiger partial charge in [0.15, 0.2) is 0 Å². The normalized spacial score (nSPS) is 22.6. The Bertz CT molecular complexity index is 387. The maximum Gasteiger partial charge on any atom is 0.279 e. The molecule has 0 spiro atoms. The molecule has 2 N–H and O–H groups in total. The fraction of sp³-hybridized carbons (Fsp3) is 1.00. The van der Waals surface area contributed by atoms with Gasteiger partial charge in [0.25, 0.3) is 10.2 Å². The molecule has 0 radical (unpaired) electrons. The Kier molecular flexibility index (Phi) is 8.12. The van der Waals surface area contributed by atoms with Crippen molar-refractivity contribution in [3.05, 3.63) is 0 Å². The number of piperidine rings is 1. The molecular weight excluding hydrogens is 290 g/mol. The second kappa shape index (κ2) is 9.05. The number of methoxy groups -OCH3 is 1. The highest BCUT2D eigenvalue weighted by Gasteiger charge is 2.29. The third-order valence-electron chi connectivity index (χ3n) is 3.74. The summed E-state index contributed by atoms with van der Waals surface area (Å²) in [4.78, 5) is 0. The second-order valence-corrected chi connectivity index (χ2v) is 7.94. The highest BCUT2D eigenvalue weighted by atomic mass is 32.2. The average Bonchev–Trinajstić information content (AvgIpc) is 2.43. The van der Waals surface area contributed by atoms with Gasteiger partial charge >= 0.3 is 0 Å². The van der Waals surface area contributed by atoms with E-state index in [1.54, 1.807) is 11.4 Å². The van der Waals surface area contributed by atoms with E-state index in [9.17, 15) is 8.42 Å². The molecule has 7 heteroatoms. The fourth-order valence-corrected chi connectivity index (χ4v) is 4.05. The van der Waals surface area contributed by atoms with Crippen molar-refractivity contribution < 1.29 is 13.2 Å². The summed E-state index contributed by atoms with van der Waals surface area (Å²) in [5.74, 6) is 0.395. The van der Waals surface area contributed by atoms with Gasteiger partial charge < -0.3 is 10.1 Å². The first-order valence-corrected chi connectivity index (χ1v) is 9.29. The van der Waals surface area contributed by atoms with E-state index in [1.165, 1.54) is 0 Å². The van der Waals surface area contributed by atoms with Crippen LogP contribution >= 0.6 is 0 Å². The summed E-state index contributed by atoms with van der Waals surface area (Å²) in [7, 11) is -1.76. The largest absolute Gasteiger partial charge is 0.385 e. The first kappa shape index (κ1) is 18.8. The van der Waals surface area contributed by atoms with E-state index in [0.29, 0.717) is 38.1 Å². The number of hydrogen-bond donors (Lipinski definition) is 2. The first-order chi connectivity index (χ1) is 9.85. The topological polar surface area (TPSA) is 70.7 Å². The van der Waals surface area contributed by atoms with Gasteiger partial charge in [0.1, 0.15) is 0 Å². The molecule has 126 valence electrons. The number of ether oxygens (including phenoxy) is 1. The van der Waals surface area contributed by atoms with Crippen LogP contribution in [0.1, 0.15) is 40.0 Å². The maximum atomic E-state index is 12.4. The second-order valence-electron chi connectivity index (χ2n) is 6.23. The van der Waals surface area contributed by atoms with Crippen molar-refractivity contribution in [2.75, 3.05) is 33.4 Å². The van der Waals surface area contributed by atoms with Crippen LogP contribution < -0.4 is 10.0 Å². The Labute approximate surface area is 129 Å². The standard InChI is InChI=1S/C14H31N3O3S/c1-12(2)15-10-14-6-5-8-17(11-14)21(18,19)16-13(3)7-9-20-4/h12-16H,5-11H2,1-4H3. The van der Waals surface area contributed by atoms with Gasteiger partial charge in [0.05, 0.1) is 0 Å².